The molecule has 0 radical (unpaired) electrons. The lowest BCUT2D eigenvalue weighted by atomic mass is 10.3. The molecule has 0 aliphatic heterocycles. The molecule has 0 amide bonds. The van der Waals surface area contributed by atoms with Crippen LogP contribution in [0.3, 0.4) is 0 Å². The maximum atomic E-state index is 10.8. The fraction of sp³-hybridized carbons (Fsp3) is 1.00. The van der Waals surface area contributed by atoms with Gasteiger partial charge in [0.25, 0.3) is 0 Å². The first-order chi connectivity index (χ1) is 3.46. The van der Waals surface area contributed by atoms with Crippen molar-refractivity contribution < 1.29 is 4.48 Å². The first-order valence-electron chi connectivity index (χ1n) is 2.80. The van der Waals surface area contributed by atoms with Crippen molar-refractivity contribution in [3.63, 3.8) is 0 Å². The molecule has 0 saturated carbocycles. The van der Waals surface area contributed by atoms with Crippen LogP contribution >= 0.6 is 0 Å². The van der Waals surface area contributed by atoms with Gasteiger partial charge in [-0.25, -0.2) is 0 Å². The highest BCUT2D eigenvalue weighted by molar-refractivity contribution is 4.20. The van der Waals surface area contributed by atoms with Crippen molar-refractivity contribution in [2.24, 2.45) is 5.92 Å². The molecule has 0 saturated heterocycles. The summed E-state index contributed by atoms with van der Waals surface area (Å²) in [5, 5.41) is 0.500. The second-order valence-corrected chi connectivity index (χ2v) is 2.52. The summed E-state index contributed by atoms with van der Waals surface area (Å²) in [5.74, 6) is 0.833. The molecule has 1 nitrogen and oxygen atoms in total. The van der Waals surface area contributed by atoms with Gasteiger partial charge in [0.05, 0.1) is 0 Å². The number of nitrogens with zero attached hydrogens (tertiary/aromatic N) is 1. The molecule has 0 aliphatic carbocycles. The third-order valence-corrected chi connectivity index (χ3v) is 0. The summed E-state index contributed by atoms with van der Waals surface area (Å²) in [5.41, 5.74) is 0. The van der Waals surface area contributed by atoms with E-state index in [1.54, 1.807) is 0 Å². The maximum absolute atomic E-state index is 10.8. The Kier molecular flexibility index (Phi) is 9.30. The minimum absolute atomic E-state index is 0.500. The molecule has 0 aromatic rings. The zero-order chi connectivity index (χ0) is 7.15. The standard InChI is InChI=1S/C4H10.C2H6FN/c2*1-4(2)3/h4H,1-3H3;1-2H3. The van der Waals surface area contributed by atoms with Gasteiger partial charge < -0.3 is 0 Å². The molecule has 52 valence electrons. The predicted octanol–water partition coefficient (Wildman–Crippen LogP) is 2.09. The van der Waals surface area contributed by atoms with Gasteiger partial charge in [-0.1, -0.05) is 20.8 Å². The van der Waals surface area contributed by atoms with Crippen LogP contribution in [-0.2, 0) is 0 Å². The molecule has 0 aromatic carbocycles. The van der Waals surface area contributed by atoms with E-state index in [2.05, 4.69) is 20.8 Å². The predicted molar refractivity (Wildman–Crippen MR) is 35.3 cm³/mol. The van der Waals surface area contributed by atoms with Crippen molar-refractivity contribution in [3.05, 3.63) is 0 Å². The highest BCUT2D eigenvalue weighted by Gasteiger charge is 1.68. The minimum Gasteiger partial charge on any atom is -0.153 e. The molecule has 0 heterocycles. The molecule has 0 fully saturated rings. The Hall–Kier alpha value is -0.110. The second-order valence-electron chi connectivity index (χ2n) is 2.52. The van der Waals surface area contributed by atoms with E-state index < -0.39 is 0 Å². The van der Waals surface area contributed by atoms with Crippen LogP contribution in [0.4, 0.5) is 4.48 Å². The van der Waals surface area contributed by atoms with Crippen LogP contribution in [0.25, 0.3) is 0 Å². The summed E-state index contributed by atoms with van der Waals surface area (Å²) in [4.78, 5) is 0. The Morgan fingerprint density at radius 2 is 1.12 bits per heavy atom. The van der Waals surface area contributed by atoms with E-state index in [1.165, 1.54) is 14.1 Å². The van der Waals surface area contributed by atoms with Crippen LogP contribution in [-0.4, -0.2) is 19.2 Å². The fourth-order valence-corrected chi connectivity index (χ4v) is 0. The van der Waals surface area contributed by atoms with Crippen LogP contribution in [0.1, 0.15) is 20.8 Å². The lowest BCUT2D eigenvalue weighted by Crippen LogP contribution is -1.91. The van der Waals surface area contributed by atoms with Crippen molar-refractivity contribution in [2.45, 2.75) is 20.8 Å². The van der Waals surface area contributed by atoms with Crippen LogP contribution in [0, 0.1) is 5.92 Å². The molecular weight excluding hydrogens is 105 g/mol. The smallest absolute Gasteiger partial charge is 0.0173 e. The molecule has 0 atom stereocenters. The summed E-state index contributed by atoms with van der Waals surface area (Å²) in [6.45, 7) is 6.50. The summed E-state index contributed by atoms with van der Waals surface area (Å²) < 4.78 is 10.8. The van der Waals surface area contributed by atoms with Crippen LogP contribution in [0.5, 0.6) is 0 Å². The highest BCUT2D eigenvalue weighted by atomic mass is 19.2. The number of halogens is 1. The van der Waals surface area contributed by atoms with Crippen LogP contribution < -0.4 is 0 Å². The topological polar surface area (TPSA) is 3.24 Å². The van der Waals surface area contributed by atoms with Gasteiger partial charge in [-0.15, -0.1) is 4.48 Å². The normalized spacial score (nSPS) is 9.00. The first-order valence-corrected chi connectivity index (χ1v) is 2.80. The molecule has 2 heteroatoms. The van der Waals surface area contributed by atoms with E-state index in [-0.39, 0.29) is 0 Å². The lowest BCUT2D eigenvalue weighted by Gasteiger charge is -1.83. The van der Waals surface area contributed by atoms with E-state index in [9.17, 15) is 4.48 Å². The molecule has 0 aliphatic rings. The fourth-order valence-electron chi connectivity index (χ4n) is 0. The SMILES string of the molecule is CC(C)C.CN(C)F. The van der Waals surface area contributed by atoms with E-state index in [0.717, 1.165) is 5.92 Å². The Morgan fingerprint density at radius 1 is 1.12 bits per heavy atom. The van der Waals surface area contributed by atoms with E-state index >= 15 is 0 Å². The second kappa shape index (κ2) is 6.89. The molecule has 0 aromatic heterocycles. The van der Waals surface area contributed by atoms with Crippen molar-refractivity contribution in [3.8, 4) is 0 Å². The van der Waals surface area contributed by atoms with E-state index in [1.807, 2.05) is 0 Å². The summed E-state index contributed by atoms with van der Waals surface area (Å²) in [6, 6.07) is 0. The summed E-state index contributed by atoms with van der Waals surface area (Å²) >= 11 is 0. The quantitative estimate of drug-likeness (QED) is 0.443. The molecule has 0 rings (SSSR count). The average molecular weight is 121 g/mol. The van der Waals surface area contributed by atoms with Gasteiger partial charge in [0.2, 0.25) is 0 Å². The largest absolute Gasteiger partial charge is 0.153 e. The molecule has 0 bridgehead atoms. The van der Waals surface area contributed by atoms with Gasteiger partial charge in [-0.3, -0.25) is 0 Å². The number of hydrogen-bond acceptors (Lipinski definition) is 1. The highest BCUT2D eigenvalue weighted by Crippen LogP contribution is 1.81. The summed E-state index contributed by atoms with van der Waals surface area (Å²) in [6.07, 6.45) is 0. The zero-order valence-corrected chi connectivity index (χ0v) is 6.40. The Morgan fingerprint density at radius 3 is 1.12 bits per heavy atom. The van der Waals surface area contributed by atoms with Crippen LogP contribution in [0.15, 0.2) is 0 Å². The van der Waals surface area contributed by atoms with E-state index in [4.69, 9.17) is 0 Å². The Labute approximate surface area is 51.4 Å². The molecule has 0 spiro atoms. The number of hydrogen-bond donors (Lipinski definition) is 0. The molecule has 0 unspecified atom stereocenters. The maximum Gasteiger partial charge on any atom is 0.0173 e. The number of rotatable bonds is 0. The van der Waals surface area contributed by atoms with Gasteiger partial charge in [0, 0.05) is 14.1 Å². The minimum atomic E-state index is 0.500. The average Bonchev–Trinajstić information content (AvgIpc) is 1.25. The van der Waals surface area contributed by atoms with Crippen molar-refractivity contribution >= 4 is 0 Å². The van der Waals surface area contributed by atoms with Gasteiger partial charge >= 0.3 is 0 Å². The molecule has 0 N–H and O–H groups in total. The van der Waals surface area contributed by atoms with Gasteiger partial charge in [-0.2, -0.15) is 5.12 Å². The molecule has 8 heavy (non-hydrogen) atoms. The Balaban J connectivity index is 0. The zero-order valence-electron chi connectivity index (χ0n) is 6.40. The van der Waals surface area contributed by atoms with Crippen LogP contribution in [0.2, 0.25) is 0 Å². The lowest BCUT2D eigenvalue weighted by molar-refractivity contribution is 0.0977. The van der Waals surface area contributed by atoms with Gasteiger partial charge in [0.15, 0.2) is 0 Å². The van der Waals surface area contributed by atoms with Crippen molar-refractivity contribution in [2.75, 3.05) is 14.1 Å². The van der Waals surface area contributed by atoms with E-state index in [0.29, 0.717) is 5.12 Å². The molecular formula is C6H16FN. The monoisotopic (exact) mass is 121 g/mol. The van der Waals surface area contributed by atoms with Crippen molar-refractivity contribution in [1.29, 1.82) is 0 Å². The van der Waals surface area contributed by atoms with Gasteiger partial charge in [-0.05, 0) is 5.92 Å². The third-order valence-electron chi connectivity index (χ3n) is 0. The Bertz CT molecular complexity index is 24.0. The third kappa shape index (κ3) is 11600. The first kappa shape index (κ1) is 10.8. The van der Waals surface area contributed by atoms with Gasteiger partial charge in [0.1, 0.15) is 0 Å². The van der Waals surface area contributed by atoms with Crippen molar-refractivity contribution in [1.82, 2.24) is 5.12 Å². The summed E-state index contributed by atoms with van der Waals surface area (Å²) in [7, 11) is 2.67.